The lowest BCUT2D eigenvalue weighted by molar-refractivity contribution is -0.138. The van der Waals surface area contributed by atoms with E-state index in [9.17, 15) is 9.90 Å². The highest BCUT2D eigenvalue weighted by Crippen LogP contribution is 2.27. The Balaban J connectivity index is 2.09. The number of aryl methyl sites for hydroxylation is 1. The van der Waals surface area contributed by atoms with E-state index in [1.165, 1.54) is 12.1 Å². The first-order chi connectivity index (χ1) is 10.1. The van der Waals surface area contributed by atoms with Gasteiger partial charge in [0.2, 0.25) is 0 Å². The van der Waals surface area contributed by atoms with Gasteiger partial charge in [-0.05, 0) is 48.7 Å². The summed E-state index contributed by atoms with van der Waals surface area (Å²) in [4.78, 5) is 10.7. The van der Waals surface area contributed by atoms with Gasteiger partial charge in [-0.1, -0.05) is 18.2 Å². The largest absolute Gasteiger partial charge is 0.508 e. The Hall–Kier alpha value is -2.53. The molecule has 0 aromatic heterocycles. The van der Waals surface area contributed by atoms with Gasteiger partial charge in [0.1, 0.15) is 23.3 Å². The lowest BCUT2D eigenvalue weighted by Crippen LogP contribution is -2.30. The van der Waals surface area contributed by atoms with E-state index >= 15 is 0 Å². The molecule has 0 aliphatic carbocycles. The molecule has 5 nitrogen and oxygen atoms in total. The number of phenols is 1. The molecule has 1 unspecified atom stereocenters. The summed E-state index contributed by atoms with van der Waals surface area (Å²) in [6.45, 7) is 0. The molecule has 0 aliphatic rings. The van der Waals surface area contributed by atoms with Crippen LogP contribution >= 0.6 is 0 Å². The zero-order valence-electron chi connectivity index (χ0n) is 11.4. The van der Waals surface area contributed by atoms with E-state index in [2.05, 4.69) is 0 Å². The van der Waals surface area contributed by atoms with Gasteiger partial charge < -0.3 is 20.7 Å². The first-order valence-corrected chi connectivity index (χ1v) is 6.59. The van der Waals surface area contributed by atoms with Crippen LogP contribution in [0.25, 0.3) is 0 Å². The maximum Gasteiger partial charge on any atom is 0.320 e. The molecule has 0 radical (unpaired) electrons. The molecule has 0 heterocycles. The fourth-order valence-electron chi connectivity index (χ4n) is 1.89. The van der Waals surface area contributed by atoms with Crippen LogP contribution in [0.3, 0.4) is 0 Å². The Morgan fingerprint density at radius 1 is 1.14 bits per heavy atom. The van der Waals surface area contributed by atoms with Crippen molar-refractivity contribution in [1.29, 1.82) is 0 Å². The fraction of sp³-hybridized carbons (Fsp3) is 0.188. The van der Waals surface area contributed by atoms with Gasteiger partial charge >= 0.3 is 5.97 Å². The molecule has 0 amide bonds. The van der Waals surface area contributed by atoms with Gasteiger partial charge in [-0.2, -0.15) is 0 Å². The number of phenolic OH excluding ortho intramolecular Hbond substituents is 1. The Morgan fingerprint density at radius 3 is 2.48 bits per heavy atom. The summed E-state index contributed by atoms with van der Waals surface area (Å²) in [6, 6.07) is 12.9. The molecule has 2 aromatic carbocycles. The van der Waals surface area contributed by atoms with E-state index in [0.717, 1.165) is 5.56 Å². The van der Waals surface area contributed by atoms with E-state index in [1.54, 1.807) is 12.1 Å². The molecule has 110 valence electrons. The van der Waals surface area contributed by atoms with Gasteiger partial charge in [-0.15, -0.1) is 0 Å². The number of carboxylic acids is 1. The Bertz CT molecular complexity index is 610. The number of ether oxygens (including phenoxy) is 1. The van der Waals surface area contributed by atoms with Gasteiger partial charge in [0.05, 0.1) is 0 Å². The number of aliphatic carboxylic acids is 1. The first-order valence-electron chi connectivity index (χ1n) is 6.59. The molecule has 0 saturated heterocycles. The highest BCUT2D eigenvalue weighted by atomic mass is 16.5. The topological polar surface area (TPSA) is 92.8 Å². The zero-order valence-corrected chi connectivity index (χ0v) is 11.4. The van der Waals surface area contributed by atoms with E-state index in [0.29, 0.717) is 24.3 Å². The standard InChI is InChI=1S/C16H17NO4/c17-14(16(19)20)10-5-11-3-1-2-4-15(11)21-13-8-6-12(18)7-9-13/h1-4,6-9,14,18H,5,10,17H2,(H,19,20). The number of rotatable bonds is 6. The summed E-state index contributed by atoms with van der Waals surface area (Å²) >= 11 is 0. The van der Waals surface area contributed by atoms with Crippen LogP contribution in [0.5, 0.6) is 17.2 Å². The molecule has 4 N–H and O–H groups in total. The summed E-state index contributed by atoms with van der Waals surface area (Å²) in [6.07, 6.45) is 0.854. The highest BCUT2D eigenvalue weighted by molar-refractivity contribution is 5.73. The van der Waals surface area contributed by atoms with Crippen LogP contribution in [-0.2, 0) is 11.2 Å². The van der Waals surface area contributed by atoms with Crippen LogP contribution in [0.4, 0.5) is 0 Å². The molecule has 0 aliphatic heterocycles. The van der Waals surface area contributed by atoms with Gasteiger partial charge in [-0.25, -0.2) is 0 Å². The van der Waals surface area contributed by atoms with E-state index < -0.39 is 12.0 Å². The van der Waals surface area contributed by atoms with Crippen molar-refractivity contribution in [2.24, 2.45) is 5.73 Å². The van der Waals surface area contributed by atoms with Crippen LogP contribution in [0.1, 0.15) is 12.0 Å². The number of carboxylic acid groups (broad SMARTS) is 1. The molecule has 0 bridgehead atoms. The van der Waals surface area contributed by atoms with Gasteiger partial charge in [0.25, 0.3) is 0 Å². The average molecular weight is 287 g/mol. The molecule has 2 aromatic rings. The molecule has 21 heavy (non-hydrogen) atoms. The van der Waals surface area contributed by atoms with E-state index in [-0.39, 0.29) is 5.75 Å². The number of aromatic hydroxyl groups is 1. The molecular formula is C16H17NO4. The summed E-state index contributed by atoms with van der Waals surface area (Å²) in [5.41, 5.74) is 6.41. The minimum atomic E-state index is -1.01. The lowest BCUT2D eigenvalue weighted by Gasteiger charge is -2.12. The van der Waals surface area contributed by atoms with Crippen LogP contribution in [0.2, 0.25) is 0 Å². The van der Waals surface area contributed by atoms with Crippen LogP contribution in [0.15, 0.2) is 48.5 Å². The van der Waals surface area contributed by atoms with Crippen molar-refractivity contribution < 1.29 is 19.7 Å². The van der Waals surface area contributed by atoms with Crippen molar-refractivity contribution >= 4 is 5.97 Å². The smallest absolute Gasteiger partial charge is 0.320 e. The predicted molar refractivity (Wildman–Crippen MR) is 78.6 cm³/mol. The summed E-state index contributed by atoms with van der Waals surface area (Å²) in [7, 11) is 0. The predicted octanol–water partition coefficient (Wildman–Crippen LogP) is 2.53. The summed E-state index contributed by atoms with van der Waals surface area (Å²) < 4.78 is 5.76. The number of para-hydroxylation sites is 1. The quantitative estimate of drug-likeness (QED) is 0.759. The summed E-state index contributed by atoms with van der Waals surface area (Å²) in [5, 5.41) is 18.1. The summed E-state index contributed by atoms with van der Waals surface area (Å²) in [5.74, 6) is 0.415. The molecule has 0 saturated carbocycles. The zero-order chi connectivity index (χ0) is 15.2. The van der Waals surface area contributed by atoms with Gasteiger partial charge in [0.15, 0.2) is 0 Å². The third-order valence-electron chi connectivity index (χ3n) is 3.08. The van der Waals surface area contributed by atoms with E-state index in [4.69, 9.17) is 15.6 Å². The minimum Gasteiger partial charge on any atom is -0.508 e. The normalized spacial score (nSPS) is 11.9. The van der Waals surface area contributed by atoms with E-state index in [1.807, 2.05) is 24.3 Å². The number of benzene rings is 2. The molecule has 0 fully saturated rings. The highest BCUT2D eigenvalue weighted by Gasteiger charge is 2.13. The Morgan fingerprint density at radius 2 is 1.81 bits per heavy atom. The van der Waals surface area contributed by atoms with Crippen molar-refractivity contribution in [2.75, 3.05) is 0 Å². The number of hydrogen-bond acceptors (Lipinski definition) is 4. The third kappa shape index (κ3) is 4.22. The number of nitrogens with two attached hydrogens (primary N) is 1. The lowest BCUT2D eigenvalue weighted by atomic mass is 10.0. The van der Waals surface area contributed by atoms with Crippen molar-refractivity contribution in [3.8, 4) is 17.2 Å². The fourth-order valence-corrected chi connectivity index (χ4v) is 1.89. The van der Waals surface area contributed by atoms with Crippen molar-refractivity contribution in [1.82, 2.24) is 0 Å². The first kappa shape index (κ1) is 14.9. The van der Waals surface area contributed by atoms with Gasteiger partial charge in [0, 0.05) is 0 Å². The Kier molecular flexibility index (Phi) is 4.79. The van der Waals surface area contributed by atoms with Crippen LogP contribution < -0.4 is 10.5 Å². The average Bonchev–Trinajstić information content (AvgIpc) is 2.48. The maximum atomic E-state index is 10.7. The molecule has 2 rings (SSSR count). The van der Waals surface area contributed by atoms with Crippen molar-refractivity contribution in [3.63, 3.8) is 0 Å². The monoisotopic (exact) mass is 287 g/mol. The minimum absolute atomic E-state index is 0.170. The third-order valence-corrected chi connectivity index (χ3v) is 3.08. The van der Waals surface area contributed by atoms with Crippen molar-refractivity contribution in [2.45, 2.75) is 18.9 Å². The van der Waals surface area contributed by atoms with Crippen LogP contribution in [0, 0.1) is 0 Å². The van der Waals surface area contributed by atoms with Gasteiger partial charge in [-0.3, -0.25) is 4.79 Å². The molecule has 0 spiro atoms. The second-order valence-corrected chi connectivity index (χ2v) is 4.69. The second kappa shape index (κ2) is 6.76. The molecular weight excluding hydrogens is 270 g/mol. The molecule has 5 heteroatoms. The number of carbonyl (C=O) groups is 1. The Labute approximate surface area is 122 Å². The SMILES string of the molecule is NC(CCc1ccccc1Oc1ccc(O)cc1)C(=O)O. The maximum absolute atomic E-state index is 10.7. The molecule has 1 atom stereocenters. The second-order valence-electron chi connectivity index (χ2n) is 4.69. The number of hydrogen-bond donors (Lipinski definition) is 3. The van der Waals surface area contributed by atoms with Crippen LogP contribution in [-0.4, -0.2) is 22.2 Å². The van der Waals surface area contributed by atoms with Crippen molar-refractivity contribution in [3.05, 3.63) is 54.1 Å².